The third kappa shape index (κ3) is 1.95. The Morgan fingerprint density at radius 2 is 2.09 bits per heavy atom. The van der Waals surface area contributed by atoms with Crippen molar-refractivity contribution in [1.29, 1.82) is 0 Å². The van der Waals surface area contributed by atoms with Gasteiger partial charge in [0.25, 0.3) is 0 Å². The average molecular weight is 291 g/mol. The third-order valence-corrected chi connectivity index (χ3v) is 3.75. The van der Waals surface area contributed by atoms with Crippen molar-refractivity contribution in [3.8, 4) is 11.6 Å². The molecule has 2 heterocycles. The first-order chi connectivity index (χ1) is 10.7. The van der Waals surface area contributed by atoms with Gasteiger partial charge in [-0.2, -0.15) is 10.2 Å². The number of aromatic nitrogens is 1. The Kier molecular flexibility index (Phi) is 2.72. The number of hydrogen-bond acceptors (Lipinski definition) is 4. The van der Waals surface area contributed by atoms with E-state index in [2.05, 4.69) is 15.2 Å². The zero-order valence-electron chi connectivity index (χ0n) is 11.9. The molecule has 4 rings (SSSR count). The number of fused-ring (bicyclic) bond motifs is 2. The monoisotopic (exact) mass is 291 g/mol. The van der Waals surface area contributed by atoms with Crippen LogP contribution in [0.1, 0.15) is 5.56 Å². The van der Waals surface area contributed by atoms with Gasteiger partial charge in [0.15, 0.2) is 5.88 Å². The predicted octanol–water partition coefficient (Wildman–Crippen LogP) is 2.55. The number of aromatic amines is 1. The van der Waals surface area contributed by atoms with Gasteiger partial charge < -0.3 is 14.8 Å². The van der Waals surface area contributed by atoms with Crippen molar-refractivity contribution in [2.45, 2.75) is 0 Å². The van der Waals surface area contributed by atoms with E-state index in [1.54, 1.807) is 13.3 Å². The molecule has 3 aromatic rings. The molecular weight excluding hydrogens is 278 g/mol. The maximum atomic E-state index is 10.2. The highest BCUT2D eigenvalue weighted by molar-refractivity contribution is 5.92. The van der Waals surface area contributed by atoms with Crippen LogP contribution in [0.5, 0.6) is 11.6 Å². The summed E-state index contributed by atoms with van der Waals surface area (Å²) in [6.45, 7) is 0. The SMILES string of the molecule is COc1ccc2[nH]c(O)c(/C=c3\ccc4c(c3)N=NC=4)c2c1. The van der Waals surface area contributed by atoms with Crippen LogP contribution in [-0.2, 0) is 0 Å². The smallest absolute Gasteiger partial charge is 0.196 e. The summed E-state index contributed by atoms with van der Waals surface area (Å²) in [5, 5.41) is 21.0. The molecule has 0 bridgehead atoms. The number of H-pyrrole nitrogens is 1. The molecule has 22 heavy (non-hydrogen) atoms. The third-order valence-electron chi connectivity index (χ3n) is 3.75. The summed E-state index contributed by atoms with van der Waals surface area (Å²) in [7, 11) is 1.62. The molecule has 0 atom stereocenters. The molecule has 2 aromatic carbocycles. The second-order valence-corrected chi connectivity index (χ2v) is 5.11. The van der Waals surface area contributed by atoms with Gasteiger partial charge in [0.1, 0.15) is 5.75 Å². The van der Waals surface area contributed by atoms with Gasteiger partial charge >= 0.3 is 0 Å². The van der Waals surface area contributed by atoms with E-state index in [4.69, 9.17) is 4.74 Å². The molecule has 1 aliphatic heterocycles. The van der Waals surface area contributed by atoms with E-state index in [9.17, 15) is 5.11 Å². The zero-order valence-corrected chi connectivity index (χ0v) is 11.9. The van der Waals surface area contributed by atoms with Crippen molar-refractivity contribution in [3.05, 3.63) is 52.4 Å². The van der Waals surface area contributed by atoms with Crippen LogP contribution in [0.25, 0.3) is 23.2 Å². The molecule has 5 heteroatoms. The number of azo groups is 1. The Morgan fingerprint density at radius 3 is 2.95 bits per heavy atom. The fourth-order valence-corrected chi connectivity index (χ4v) is 2.62. The minimum Gasteiger partial charge on any atom is -0.497 e. The number of rotatable bonds is 2. The highest BCUT2D eigenvalue weighted by Gasteiger charge is 2.09. The number of methoxy groups -OCH3 is 1. The lowest BCUT2D eigenvalue weighted by atomic mass is 10.1. The lowest BCUT2D eigenvalue weighted by Crippen LogP contribution is -2.06. The van der Waals surface area contributed by atoms with E-state index >= 15 is 0 Å². The van der Waals surface area contributed by atoms with Crippen molar-refractivity contribution >= 4 is 28.9 Å². The summed E-state index contributed by atoms with van der Waals surface area (Å²) in [5.41, 5.74) is 2.43. The topological polar surface area (TPSA) is 70.0 Å². The van der Waals surface area contributed by atoms with E-state index < -0.39 is 0 Å². The zero-order chi connectivity index (χ0) is 15.1. The number of benzene rings is 2. The van der Waals surface area contributed by atoms with E-state index in [0.29, 0.717) is 0 Å². The largest absolute Gasteiger partial charge is 0.497 e. The average Bonchev–Trinajstić information content (AvgIpc) is 3.11. The highest BCUT2D eigenvalue weighted by atomic mass is 16.5. The first-order valence-electron chi connectivity index (χ1n) is 6.86. The summed E-state index contributed by atoms with van der Waals surface area (Å²) < 4.78 is 5.26. The maximum absolute atomic E-state index is 10.2. The van der Waals surface area contributed by atoms with E-state index in [1.807, 2.05) is 42.5 Å². The second-order valence-electron chi connectivity index (χ2n) is 5.11. The molecule has 0 saturated carbocycles. The Labute approximate surface area is 125 Å². The molecule has 0 unspecified atom stereocenters. The summed E-state index contributed by atoms with van der Waals surface area (Å²) in [6.07, 6.45) is 3.65. The predicted molar refractivity (Wildman–Crippen MR) is 84.8 cm³/mol. The Hall–Kier alpha value is -3.08. The summed E-state index contributed by atoms with van der Waals surface area (Å²) in [5.74, 6) is 0.885. The summed E-state index contributed by atoms with van der Waals surface area (Å²) >= 11 is 0. The molecule has 1 aromatic heterocycles. The van der Waals surface area contributed by atoms with Crippen molar-refractivity contribution in [3.63, 3.8) is 0 Å². The van der Waals surface area contributed by atoms with E-state index in [1.165, 1.54) is 0 Å². The molecule has 0 amide bonds. The van der Waals surface area contributed by atoms with Crippen LogP contribution in [0.3, 0.4) is 0 Å². The Balaban J connectivity index is 1.94. The quantitative estimate of drug-likeness (QED) is 0.761. The lowest BCUT2D eigenvalue weighted by Gasteiger charge is -1.99. The normalized spacial score (nSPS) is 13.4. The van der Waals surface area contributed by atoms with Gasteiger partial charge in [0, 0.05) is 21.7 Å². The standard InChI is InChI=1S/C17H13N3O2/c1-22-12-4-5-15-13(8-12)14(17(21)19-15)6-10-2-3-11-9-18-20-16(11)7-10/h2-9,19,21H,1H3/b10-6+. The first-order valence-corrected chi connectivity index (χ1v) is 6.86. The molecule has 0 radical (unpaired) electrons. The molecular formula is C17H13N3O2. The van der Waals surface area contributed by atoms with Crippen molar-refractivity contribution in [1.82, 2.24) is 4.98 Å². The number of ether oxygens (including phenoxy) is 1. The molecule has 0 spiro atoms. The molecule has 0 fully saturated rings. The van der Waals surface area contributed by atoms with Gasteiger partial charge in [0.2, 0.25) is 0 Å². The van der Waals surface area contributed by atoms with Gasteiger partial charge in [-0.1, -0.05) is 12.1 Å². The summed E-state index contributed by atoms with van der Waals surface area (Å²) in [6, 6.07) is 11.5. The highest BCUT2D eigenvalue weighted by Crippen LogP contribution is 2.30. The number of aromatic hydroxyl groups is 1. The van der Waals surface area contributed by atoms with Crippen LogP contribution < -0.4 is 15.2 Å². The number of hydrogen-bond donors (Lipinski definition) is 2. The number of nitrogens with one attached hydrogen (secondary N) is 1. The molecule has 2 N–H and O–H groups in total. The second kappa shape index (κ2) is 4.73. The molecule has 0 saturated heterocycles. The Bertz CT molecular complexity index is 1030. The van der Waals surface area contributed by atoms with Gasteiger partial charge in [0.05, 0.1) is 19.0 Å². The van der Waals surface area contributed by atoms with Gasteiger partial charge in [-0.25, -0.2) is 0 Å². The minimum absolute atomic E-state index is 0.136. The van der Waals surface area contributed by atoms with Gasteiger partial charge in [-0.15, -0.1) is 0 Å². The molecule has 108 valence electrons. The fraction of sp³-hybridized carbons (Fsp3) is 0.0588. The van der Waals surface area contributed by atoms with Crippen molar-refractivity contribution < 1.29 is 9.84 Å². The van der Waals surface area contributed by atoms with E-state index in [-0.39, 0.29) is 5.88 Å². The minimum atomic E-state index is 0.136. The number of nitrogens with zero attached hydrogens (tertiary/aromatic N) is 2. The summed E-state index contributed by atoms with van der Waals surface area (Å²) in [4.78, 5) is 2.97. The van der Waals surface area contributed by atoms with Crippen LogP contribution in [0, 0.1) is 0 Å². The van der Waals surface area contributed by atoms with Crippen molar-refractivity contribution in [2.75, 3.05) is 7.11 Å². The molecule has 5 nitrogen and oxygen atoms in total. The lowest BCUT2D eigenvalue weighted by molar-refractivity contribution is 0.415. The fourth-order valence-electron chi connectivity index (χ4n) is 2.62. The maximum Gasteiger partial charge on any atom is 0.196 e. The van der Waals surface area contributed by atoms with Crippen LogP contribution in [0.15, 0.2) is 46.6 Å². The molecule has 0 aliphatic carbocycles. The van der Waals surface area contributed by atoms with Crippen LogP contribution in [0.4, 0.5) is 5.69 Å². The molecule has 1 aliphatic rings. The Morgan fingerprint density at radius 1 is 1.18 bits per heavy atom. The van der Waals surface area contributed by atoms with Crippen molar-refractivity contribution in [2.24, 2.45) is 10.2 Å². The van der Waals surface area contributed by atoms with Crippen LogP contribution in [0.2, 0.25) is 0 Å². The van der Waals surface area contributed by atoms with Crippen LogP contribution >= 0.6 is 0 Å². The first kappa shape index (κ1) is 12.6. The van der Waals surface area contributed by atoms with E-state index in [0.717, 1.165) is 38.3 Å². The van der Waals surface area contributed by atoms with Crippen LogP contribution in [-0.4, -0.2) is 17.2 Å². The van der Waals surface area contributed by atoms with Gasteiger partial charge in [-0.05, 0) is 35.6 Å². The van der Waals surface area contributed by atoms with Gasteiger partial charge in [-0.3, -0.25) is 0 Å².